The first kappa shape index (κ1) is 15.8. The van der Waals surface area contributed by atoms with E-state index in [9.17, 15) is 4.79 Å². The molecule has 0 bridgehead atoms. The van der Waals surface area contributed by atoms with Crippen molar-refractivity contribution in [3.8, 4) is 0 Å². The van der Waals surface area contributed by atoms with Gasteiger partial charge in [0, 0.05) is 5.69 Å². The van der Waals surface area contributed by atoms with E-state index in [1.807, 2.05) is 12.1 Å². The van der Waals surface area contributed by atoms with Gasteiger partial charge in [-0.3, -0.25) is 5.32 Å². The van der Waals surface area contributed by atoms with Crippen molar-refractivity contribution in [3.63, 3.8) is 0 Å². The number of hydrogen-bond donors (Lipinski definition) is 2. The van der Waals surface area contributed by atoms with Crippen molar-refractivity contribution in [2.75, 3.05) is 17.2 Å². The Hall–Kier alpha value is -2.63. The summed E-state index contributed by atoms with van der Waals surface area (Å²) in [5.41, 5.74) is 2.22. The van der Waals surface area contributed by atoms with Crippen LogP contribution in [0.1, 0.15) is 32.3 Å². The maximum absolute atomic E-state index is 11.3. The van der Waals surface area contributed by atoms with Crippen LogP contribution in [0.5, 0.6) is 0 Å². The highest BCUT2D eigenvalue weighted by atomic mass is 16.5. The van der Waals surface area contributed by atoms with Crippen molar-refractivity contribution in [2.45, 2.75) is 26.7 Å². The highest BCUT2D eigenvalue weighted by molar-refractivity contribution is 5.83. The molecule has 116 valence electrons. The van der Waals surface area contributed by atoms with Crippen LogP contribution in [0.2, 0.25) is 0 Å². The fourth-order valence-corrected chi connectivity index (χ4v) is 1.84. The molecule has 0 fully saturated rings. The molecular formula is C16H20N4O2. The first-order valence-corrected chi connectivity index (χ1v) is 7.23. The summed E-state index contributed by atoms with van der Waals surface area (Å²) in [4.78, 5) is 11.3. The fraction of sp³-hybridized carbons (Fsp3) is 0.312. The molecule has 1 aromatic carbocycles. The largest absolute Gasteiger partial charge is 0.450 e. The van der Waals surface area contributed by atoms with Gasteiger partial charge in [0.1, 0.15) is 0 Å². The molecule has 2 aromatic rings. The quantitative estimate of drug-likeness (QED) is 0.875. The molecule has 0 aliphatic heterocycles. The second-order valence-electron chi connectivity index (χ2n) is 5.05. The standard InChI is InChI=1S/C16H20N4O2/c1-4-22-16(21)18-15-10-9-14(19-20-15)17-13-7-5-12(6-8-13)11(2)3/h5-11H,4H2,1-3H3,(H,17,19)(H,18,20,21). The average Bonchev–Trinajstić information content (AvgIpc) is 2.50. The van der Waals surface area contributed by atoms with Gasteiger partial charge in [-0.25, -0.2) is 4.79 Å². The number of benzene rings is 1. The Bertz CT molecular complexity index is 609. The number of aromatic nitrogens is 2. The number of rotatable bonds is 5. The summed E-state index contributed by atoms with van der Waals surface area (Å²) >= 11 is 0. The van der Waals surface area contributed by atoms with Crippen LogP contribution in [0.15, 0.2) is 36.4 Å². The lowest BCUT2D eigenvalue weighted by molar-refractivity contribution is 0.168. The Labute approximate surface area is 129 Å². The van der Waals surface area contributed by atoms with Crippen molar-refractivity contribution >= 4 is 23.4 Å². The Morgan fingerprint density at radius 3 is 2.27 bits per heavy atom. The molecule has 1 amide bonds. The number of hydrogen-bond acceptors (Lipinski definition) is 5. The number of anilines is 3. The molecule has 6 nitrogen and oxygen atoms in total. The van der Waals surface area contributed by atoms with Gasteiger partial charge in [-0.2, -0.15) is 0 Å². The van der Waals surface area contributed by atoms with E-state index in [4.69, 9.17) is 4.74 Å². The second kappa shape index (κ2) is 7.40. The van der Waals surface area contributed by atoms with Gasteiger partial charge in [0.25, 0.3) is 0 Å². The maximum atomic E-state index is 11.3. The highest BCUT2D eigenvalue weighted by Crippen LogP contribution is 2.19. The molecule has 1 heterocycles. The molecule has 0 saturated carbocycles. The summed E-state index contributed by atoms with van der Waals surface area (Å²) in [5.74, 6) is 1.45. The van der Waals surface area contributed by atoms with Gasteiger partial charge in [-0.1, -0.05) is 26.0 Å². The minimum Gasteiger partial charge on any atom is -0.450 e. The van der Waals surface area contributed by atoms with Gasteiger partial charge in [0.05, 0.1) is 6.61 Å². The first-order chi connectivity index (χ1) is 10.6. The monoisotopic (exact) mass is 300 g/mol. The van der Waals surface area contributed by atoms with Crippen LogP contribution in [-0.2, 0) is 4.74 Å². The van der Waals surface area contributed by atoms with Gasteiger partial charge in [-0.05, 0) is 42.7 Å². The van der Waals surface area contributed by atoms with E-state index in [1.165, 1.54) is 5.56 Å². The molecule has 0 unspecified atom stereocenters. The Balaban J connectivity index is 1.97. The molecule has 1 aromatic heterocycles. The summed E-state index contributed by atoms with van der Waals surface area (Å²) in [6, 6.07) is 11.6. The lowest BCUT2D eigenvalue weighted by atomic mass is 10.0. The predicted molar refractivity (Wildman–Crippen MR) is 86.5 cm³/mol. The van der Waals surface area contributed by atoms with Crippen molar-refractivity contribution in [1.82, 2.24) is 10.2 Å². The lowest BCUT2D eigenvalue weighted by Crippen LogP contribution is -2.14. The summed E-state index contributed by atoms with van der Waals surface area (Å²) < 4.78 is 4.77. The number of amides is 1. The normalized spacial score (nSPS) is 10.4. The average molecular weight is 300 g/mol. The molecule has 0 aliphatic carbocycles. The summed E-state index contributed by atoms with van der Waals surface area (Å²) in [6.45, 7) is 6.36. The van der Waals surface area contributed by atoms with Gasteiger partial charge in [0.15, 0.2) is 11.6 Å². The topological polar surface area (TPSA) is 76.1 Å². The molecule has 0 aliphatic rings. The third-order valence-corrected chi connectivity index (χ3v) is 3.02. The lowest BCUT2D eigenvalue weighted by Gasteiger charge is -2.09. The zero-order chi connectivity index (χ0) is 15.9. The molecular weight excluding hydrogens is 280 g/mol. The van der Waals surface area contributed by atoms with Gasteiger partial charge in [-0.15, -0.1) is 10.2 Å². The van der Waals surface area contributed by atoms with Crippen LogP contribution >= 0.6 is 0 Å². The van der Waals surface area contributed by atoms with E-state index in [-0.39, 0.29) is 0 Å². The van der Waals surface area contributed by atoms with Crippen LogP contribution in [0.4, 0.5) is 22.1 Å². The van der Waals surface area contributed by atoms with Crippen LogP contribution in [-0.4, -0.2) is 22.9 Å². The minimum absolute atomic E-state index is 0.311. The number of carbonyl (C=O) groups is 1. The highest BCUT2D eigenvalue weighted by Gasteiger charge is 2.04. The van der Waals surface area contributed by atoms with Gasteiger partial charge < -0.3 is 10.1 Å². The van der Waals surface area contributed by atoms with Crippen molar-refractivity contribution in [1.29, 1.82) is 0 Å². The molecule has 6 heteroatoms. The number of carbonyl (C=O) groups excluding carboxylic acids is 1. The van der Waals surface area contributed by atoms with Crippen molar-refractivity contribution in [3.05, 3.63) is 42.0 Å². The summed E-state index contributed by atoms with van der Waals surface area (Å²) in [5, 5.41) is 13.6. The van der Waals surface area contributed by atoms with E-state index in [1.54, 1.807) is 19.1 Å². The molecule has 2 N–H and O–H groups in total. The zero-order valence-corrected chi connectivity index (χ0v) is 13.0. The first-order valence-electron chi connectivity index (χ1n) is 7.23. The molecule has 0 spiro atoms. The van der Waals surface area contributed by atoms with Crippen LogP contribution < -0.4 is 10.6 Å². The Morgan fingerprint density at radius 1 is 1.09 bits per heavy atom. The van der Waals surface area contributed by atoms with E-state index >= 15 is 0 Å². The Morgan fingerprint density at radius 2 is 1.73 bits per heavy atom. The van der Waals surface area contributed by atoms with Gasteiger partial charge >= 0.3 is 6.09 Å². The van der Waals surface area contributed by atoms with E-state index in [2.05, 4.69) is 46.8 Å². The second-order valence-corrected chi connectivity index (χ2v) is 5.05. The summed E-state index contributed by atoms with van der Waals surface area (Å²) in [7, 11) is 0. The third-order valence-electron chi connectivity index (χ3n) is 3.02. The molecule has 0 saturated heterocycles. The van der Waals surface area contributed by atoms with E-state index in [0.29, 0.717) is 24.2 Å². The van der Waals surface area contributed by atoms with E-state index < -0.39 is 6.09 Å². The molecule has 2 rings (SSSR count). The van der Waals surface area contributed by atoms with Crippen LogP contribution in [0.3, 0.4) is 0 Å². The summed E-state index contributed by atoms with van der Waals surface area (Å²) in [6.07, 6.45) is -0.540. The molecule has 0 radical (unpaired) electrons. The smallest absolute Gasteiger partial charge is 0.412 e. The molecule has 22 heavy (non-hydrogen) atoms. The minimum atomic E-state index is -0.540. The number of ether oxygens (including phenoxy) is 1. The van der Waals surface area contributed by atoms with Crippen molar-refractivity contribution < 1.29 is 9.53 Å². The van der Waals surface area contributed by atoms with E-state index in [0.717, 1.165) is 5.69 Å². The van der Waals surface area contributed by atoms with Gasteiger partial charge in [0.2, 0.25) is 0 Å². The number of nitrogens with one attached hydrogen (secondary N) is 2. The fourth-order valence-electron chi connectivity index (χ4n) is 1.84. The van der Waals surface area contributed by atoms with Crippen LogP contribution in [0, 0.1) is 0 Å². The van der Waals surface area contributed by atoms with Crippen molar-refractivity contribution in [2.24, 2.45) is 0 Å². The number of nitrogens with zero attached hydrogens (tertiary/aromatic N) is 2. The third kappa shape index (κ3) is 4.44. The Kier molecular flexibility index (Phi) is 5.30. The predicted octanol–water partition coefficient (Wildman–Crippen LogP) is 3.91. The SMILES string of the molecule is CCOC(=O)Nc1ccc(Nc2ccc(C(C)C)cc2)nn1. The van der Waals surface area contributed by atoms with Crippen LogP contribution in [0.25, 0.3) is 0 Å². The zero-order valence-electron chi connectivity index (χ0n) is 13.0. The maximum Gasteiger partial charge on any atom is 0.412 e. The molecule has 0 atom stereocenters.